The quantitative estimate of drug-likeness (QED) is 0.659. The van der Waals surface area contributed by atoms with Crippen LogP contribution in [0.2, 0.25) is 0 Å². The summed E-state index contributed by atoms with van der Waals surface area (Å²) in [5, 5.41) is 5.40. The molecular formula is C13H21N3S. The standard InChI is InChI=1S/C13H21N3S/c1-2-15-11-6-4-3-5-7-12(11)17-13-8-9-14-10-16-13/h8-12,15H,2-7H2,1H3. The fourth-order valence-corrected chi connectivity index (χ4v) is 3.65. The van der Waals surface area contributed by atoms with Crippen LogP contribution in [0.3, 0.4) is 0 Å². The van der Waals surface area contributed by atoms with Gasteiger partial charge in [0.15, 0.2) is 0 Å². The third-order valence-corrected chi connectivity index (χ3v) is 4.60. The molecule has 1 fully saturated rings. The fourth-order valence-electron chi connectivity index (χ4n) is 2.41. The number of rotatable bonds is 4. The molecule has 3 nitrogen and oxygen atoms in total. The van der Waals surface area contributed by atoms with Crippen molar-refractivity contribution < 1.29 is 0 Å². The summed E-state index contributed by atoms with van der Waals surface area (Å²) in [5.74, 6) is 0. The van der Waals surface area contributed by atoms with Crippen molar-refractivity contribution in [1.82, 2.24) is 15.3 Å². The van der Waals surface area contributed by atoms with Crippen LogP contribution in [0.15, 0.2) is 23.6 Å². The number of aromatic nitrogens is 2. The summed E-state index contributed by atoms with van der Waals surface area (Å²) in [5.41, 5.74) is 0. The summed E-state index contributed by atoms with van der Waals surface area (Å²) in [6.45, 7) is 3.25. The maximum Gasteiger partial charge on any atom is 0.116 e. The fraction of sp³-hybridized carbons (Fsp3) is 0.692. The lowest BCUT2D eigenvalue weighted by Gasteiger charge is -2.24. The SMILES string of the molecule is CCNC1CCCCCC1Sc1ccncn1. The van der Waals surface area contributed by atoms with E-state index in [1.165, 1.54) is 32.1 Å². The topological polar surface area (TPSA) is 37.8 Å². The first-order valence-electron chi connectivity index (χ1n) is 6.56. The summed E-state index contributed by atoms with van der Waals surface area (Å²) >= 11 is 1.91. The first-order chi connectivity index (χ1) is 8.40. The van der Waals surface area contributed by atoms with Gasteiger partial charge in [0.1, 0.15) is 6.33 Å². The molecule has 1 N–H and O–H groups in total. The van der Waals surface area contributed by atoms with E-state index in [0.717, 1.165) is 11.6 Å². The van der Waals surface area contributed by atoms with Crippen LogP contribution in [0.1, 0.15) is 39.0 Å². The van der Waals surface area contributed by atoms with Crippen LogP contribution in [0.5, 0.6) is 0 Å². The van der Waals surface area contributed by atoms with Crippen LogP contribution in [0, 0.1) is 0 Å². The normalized spacial score (nSPS) is 25.5. The maximum atomic E-state index is 4.32. The molecular weight excluding hydrogens is 230 g/mol. The number of nitrogens with one attached hydrogen (secondary N) is 1. The van der Waals surface area contributed by atoms with Crippen LogP contribution in [0.4, 0.5) is 0 Å². The van der Waals surface area contributed by atoms with Gasteiger partial charge in [-0.3, -0.25) is 0 Å². The lowest BCUT2D eigenvalue weighted by atomic mass is 10.1. The van der Waals surface area contributed by atoms with Gasteiger partial charge in [0.05, 0.1) is 5.03 Å². The van der Waals surface area contributed by atoms with Crippen molar-refractivity contribution in [2.75, 3.05) is 6.54 Å². The molecule has 0 aromatic carbocycles. The Labute approximate surface area is 108 Å². The molecule has 1 saturated carbocycles. The highest BCUT2D eigenvalue weighted by atomic mass is 32.2. The smallest absolute Gasteiger partial charge is 0.116 e. The zero-order valence-electron chi connectivity index (χ0n) is 10.4. The molecule has 0 bridgehead atoms. The number of nitrogens with zero attached hydrogens (tertiary/aromatic N) is 2. The van der Waals surface area contributed by atoms with E-state index < -0.39 is 0 Å². The Hall–Kier alpha value is -0.610. The molecule has 0 saturated heterocycles. The largest absolute Gasteiger partial charge is 0.313 e. The Kier molecular flexibility index (Phi) is 5.26. The summed E-state index contributed by atoms with van der Waals surface area (Å²) in [4.78, 5) is 8.29. The molecule has 2 rings (SSSR count). The number of hydrogen-bond acceptors (Lipinski definition) is 4. The van der Waals surface area contributed by atoms with Gasteiger partial charge in [0.2, 0.25) is 0 Å². The van der Waals surface area contributed by atoms with E-state index in [0.29, 0.717) is 11.3 Å². The summed E-state index contributed by atoms with van der Waals surface area (Å²) < 4.78 is 0. The molecule has 2 atom stereocenters. The van der Waals surface area contributed by atoms with Crippen molar-refractivity contribution in [2.45, 2.75) is 55.3 Å². The van der Waals surface area contributed by atoms with E-state index in [-0.39, 0.29) is 0 Å². The van der Waals surface area contributed by atoms with Crippen molar-refractivity contribution in [2.24, 2.45) is 0 Å². The van der Waals surface area contributed by atoms with Crippen molar-refractivity contribution in [1.29, 1.82) is 0 Å². The highest BCUT2D eigenvalue weighted by Crippen LogP contribution is 2.31. The molecule has 1 aliphatic carbocycles. The minimum atomic E-state index is 0.641. The third-order valence-electron chi connectivity index (χ3n) is 3.25. The van der Waals surface area contributed by atoms with Gasteiger partial charge in [-0.1, -0.05) is 26.2 Å². The first-order valence-corrected chi connectivity index (χ1v) is 7.44. The van der Waals surface area contributed by atoms with Crippen LogP contribution in [-0.4, -0.2) is 27.8 Å². The van der Waals surface area contributed by atoms with Gasteiger partial charge < -0.3 is 5.32 Å². The zero-order valence-corrected chi connectivity index (χ0v) is 11.2. The Balaban J connectivity index is 1.99. The molecule has 1 aromatic rings. The molecule has 1 aromatic heterocycles. The first kappa shape index (κ1) is 12.8. The van der Waals surface area contributed by atoms with E-state index in [1.807, 2.05) is 24.0 Å². The zero-order chi connectivity index (χ0) is 11.9. The van der Waals surface area contributed by atoms with E-state index in [1.54, 1.807) is 6.33 Å². The minimum absolute atomic E-state index is 0.641. The molecule has 17 heavy (non-hydrogen) atoms. The van der Waals surface area contributed by atoms with Gasteiger partial charge in [-0.25, -0.2) is 9.97 Å². The highest BCUT2D eigenvalue weighted by molar-refractivity contribution is 7.99. The minimum Gasteiger partial charge on any atom is -0.313 e. The van der Waals surface area contributed by atoms with Crippen molar-refractivity contribution in [3.8, 4) is 0 Å². The van der Waals surface area contributed by atoms with Gasteiger partial charge >= 0.3 is 0 Å². The van der Waals surface area contributed by atoms with Gasteiger partial charge in [-0.05, 0) is 25.5 Å². The lowest BCUT2D eigenvalue weighted by Crippen LogP contribution is -2.37. The number of thioether (sulfide) groups is 1. The molecule has 1 heterocycles. The summed E-state index contributed by atoms with van der Waals surface area (Å²) in [7, 11) is 0. The second kappa shape index (κ2) is 6.97. The lowest BCUT2D eigenvalue weighted by molar-refractivity contribution is 0.482. The second-order valence-corrected chi connectivity index (χ2v) is 5.77. The van der Waals surface area contributed by atoms with Crippen LogP contribution < -0.4 is 5.32 Å². The van der Waals surface area contributed by atoms with Gasteiger partial charge in [0, 0.05) is 17.5 Å². The summed E-state index contributed by atoms with van der Waals surface area (Å²) in [6.07, 6.45) is 10.2. The Morgan fingerprint density at radius 3 is 3.00 bits per heavy atom. The van der Waals surface area contributed by atoms with Crippen LogP contribution >= 0.6 is 11.8 Å². The van der Waals surface area contributed by atoms with E-state index in [2.05, 4.69) is 22.2 Å². The van der Waals surface area contributed by atoms with E-state index in [9.17, 15) is 0 Å². The molecule has 0 aliphatic heterocycles. The number of hydrogen-bond donors (Lipinski definition) is 1. The Bertz CT molecular complexity index is 318. The average Bonchev–Trinajstić information content (AvgIpc) is 2.57. The molecule has 4 heteroatoms. The Morgan fingerprint density at radius 1 is 1.35 bits per heavy atom. The van der Waals surface area contributed by atoms with Gasteiger partial charge in [-0.2, -0.15) is 0 Å². The predicted octanol–water partition coefficient (Wildman–Crippen LogP) is 2.88. The van der Waals surface area contributed by atoms with Crippen molar-refractivity contribution in [3.05, 3.63) is 18.6 Å². The summed E-state index contributed by atoms with van der Waals surface area (Å²) in [6, 6.07) is 2.65. The van der Waals surface area contributed by atoms with Crippen LogP contribution in [-0.2, 0) is 0 Å². The van der Waals surface area contributed by atoms with E-state index in [4.69, 9.17) is 0 Å². The van der Waals surface area contributed by atoms with E-state index >= 15 is 0 Å². The molecule has 0 radical (unpaired) electrons. The average molecular weight is 251 g/mol. The van der Waals surface area contributed by atoms with Gasteiger partial charge in [-0.15, -0.1) is 11.8 Å². The van der Waals surface area contributed by atoms with Gasteiger partial charge in [0.25, 0.3) is 0 Å². The molecule has 94 valence electrons. The van der Waals surface area contributed by atoms with Crippen LogP contribution in [0.25, 0.3) is 0 Å². The van der Waals surface area contributed by atoms with Crippen molar-refractivity contribution >= 4 is 11.8 Å². The monoisotopic (exact) mass is 251 g/mol. The molecule has 2 unspecified atom stereocenters. The highest BCUT2D eigenvalue weighted by Gasteiger charge is 2.24. The molecule has 0 spiro atoms. The maximum absolute atomic E-state index is 4.32. The third kappa shape index (κ3) is 3.96. The molecule has 0 amide bonds. The Morgan fingerprint density at radius 2 is 2.24 bits per heavy atom. The second-order valence-electron chi connectivity index (χ2n) is 4.51. The molecule has 1 aliphatic rings. The van der Waals surface area contributed by atoms with Crippen molar-refractivity contribution in [3.63, 3.8) is 0 Å². The predicted molar refractivity (Wildman–Crippen MR) is 72.2 cm³/mol.